The fourth-order valence-corrected chi connectivity index (χ4v) is 1.54. The van der Waals surface area contributed by atoms with Crippen LogP contribution in [0.4, 0.5) is 5.69 Å². The Hall–Kier alpha value is -1.07. The van der Waals surface area contributed by atoms with Crippen LogP contribution in [0.2, 0.25) is 5.02 Å². The average Bonchev–Trinajstić information content (AvgIpc) is 2.28. The van der Waals surface area contributed by atoms with Gasteiger partial charge in [-0.1, -0.05) is 27.5 Å². The molecule has 1 aromatic rings. The number of benzene rings is 1. The summed E-state index contributed by atoms with van der Waals surface area (Å²) in [4.78, 5) is 24.6. The standard InChI is InChI=1S/C11H12BrClN2O2/c1-15(2)11(17)8-4-3-7(13)5-9(8)14-10(16)6-12/h3-5H,6H2,1-2H3,(H,14,16). The molecule has 17 heavy (non-hydrogen) atoms. The maximum atomic E-state index is 11.9. The second kappa shape index (κ2) is 6.02. The summed E-state index contributed by atoms with van der Waals surface area (Å²) < 4.78 is 0. The molecule has 0 aliphatic heterocycles. The first kappa shape index (κ1) is 14.0. The number of amides is 2. The molecule has 0 saturated carbocycles. The molecule has 0 aromatic heterocycles. The molecule has 0 radical (unpaired) electrons. The molecule has 1 N–H and O–H groups in total. The summed E-state index contributed by atoms with van der Waals surface area (Å²) in [5.74, 6) is -0.424. The van der Waals surface area contributed by atoms with Gasteiger partial charge in [-0.2, -0.15) is 0 Å². The van der Waals surface area contributed by atoms with Crippen LogP contribution >= 0.6 is 27.5 Å². The summed E-state index contributed by atoms with van der Waals surface area (Å²) in [5, 5.41) is 3.24. The van der Waals surface area contributed by atoms with Crippen molar-refractivity contribution in [2.45, 2.75) is 0 Å². The van der Waals surface area contributed by atoms with E-state index in [9.17, 15) is 9.59 Å². The second-order valence-electron chi connectivity index (χ2n) is 3.57. The van der Waals surface area contributed by atoms with E-state index in [2.05, 4.69) is 21.2 Å². The number of halogens is 2. The van der Waals surface area contributed by atoms with Crippen LogP contribution < -0.4 is 5.32 Å². The molecule has 0 spiro atoms. The van der Waals surface area contributed by atoms with E-state index in [4.69, 9.17) is 11.6 Å². The lowest BCUT2D eigenvalue weighted by Gasteiger charge is -2.14. The predicted molar refractivity (Wildman–Crippen MR) is 71.9 cm³/mol. The highest BCUT2D eigenvalue weighted by Crippen LogP contribution is 2.22. The third-order valence-electron chi connectivity index (χ3n) is 2.01. The van der Waals surface area contributed by atoms with E-state index in [1.54, 1.807) is 32.3 Å². The van der Waals surface area contributed by atoms with Gasteiger partial charge in [0.05, 0.1) is 16.6 Å². The van der Waals surface area contributed by atoms with Gasteiger partial charge in [0, 0.05) is 19.1 Å². The first-order valence-electron chi connectivity index (χ1n) is 4.82. The Balaban J connectivity index is 3.12. The number of alkyl halides is 1. The molecular formula is C11H12BrClN2O2. The van der Waals surface area contributed by atoms with Gasteiger partial charge < -0.3 is 10.2 Å². The molecule has 0 heterocycles. The first-order valence-corrected chi connectivity index (χ1v) is 6.32. The molecule has 0 saturated heterocycles. The summed E-state index contributed by atoms with van der Waals surface area (Å²) in [7, 11) is 3.29. The molecule has 0 atom stereocenters. The quantitative estimate of drug-likeness (QED) is 0.870. The van der Waals surface area contributed by atoms with Gasteiger partial charge in [0.15, 0.2) is 0 Å². The molecule has 0 fully saturated rings. The lowest BCUT2D eigenvalue weighted by molar-refractivity contribution is -0.113. The summed E-state index contributed by atoms with van der Waals surface area (Å²) in [5.41, 5.74) is 0.828. The molecule has 92 valence electrons. The van der Waals surface area contributed by atoms with E-state index >= 15 is 0 Å². The third kappa shape index (κ3) is 3.71. The fourth-order valence-electron chi connectivity index (χ4n) is 1.23. The topological polar surface area (TPSA) is 49.4 Å². The van der Waals surface area contributed by atoms with Gasteiger partial charge in [-0.25, -0.2) is 0 Å². The fraction of sp³-hybridized carbons (Fsp3) is 0.273. The van der Waals surface area contributed by atoms with E-state index in [1.165, 1.54) is 4.90 Å². The van der Waals surface area contributed by atoms with E-state index in [1.807, 2.05) is 0 Å². The molecule has 1 aromatic carbocycles. The zero-order valence-corrected chi connectivity index (χ0v) is 11.8. The average molecular weight is 320 g/mol. The third-order valence-corrected chi connectivity index (χ3v) is 2.76. The maximum absolute atomic E-state index is 11.9. The number of hydrogen-bond acceptors (Lipinski definition) is 2. The molecule has 0 unspecified atom stereocenters. The number of nitrogens with one attached hydrogen (secondary N) is 1. The molecule has 1 rings (SSSR count). The summed E-state index contributed by atoms with van der Waals surface area (Å²) in [6, 6.07) is 4.76. The minimum atomic E-state index is -0.236. The van der Waals surface area contributed by atoms with Crippen molar-refractivity contribution in [3.8, 4) is 0 Å². The monoisotopic (exact) mass is 318 g/mol. The van der Waals surface area contributed by atoms with E-state index < -0.39 is 0 Å². The zero-order chi connectivity index (χ0) is 13.0. The summed E-state index contributed by atoms with van der Waals surface area (Å²) in [6.45, 7) is 0. The largest absolute Gasteiger partial charge is 0.345 e. The Kier molecular flexibility index (Phi) is 4.96. The lowest BCUT2D eigenvalue weighted by atomic mass is 10.1. The van der Waals surface area contributed by atoms with Crippen molar-refractivity contribution in [2.75, 3.05) is 24.7 Å². The van der Waals surface area contributed by atoms with Crippen molar-refractivity contribution in [3.05, 3.63) is 28.8 Å². The van der Waals surface area contributed by atoms with Crippen molar-refractivity contribution in [2.24, 2.45) is 0 Å². The molecule has 0 bridgehead atoms. The SMILES string of the molecule is CN(C)C(=O)c1ccc(Cl)cc1NC(=O)CBr. The smallest absolute Gasteiger partial charge is 0.255 e. The summed E-state index contributed by atoms with van der Waals surface area (Å²) >= 11 is 8.88. The highest BCUT2D eigenvalue weighted by molar-refractivity contribution is 9.09. The highest BCUT2D eigenvalue weighted by Gasteiger charge is 2.15. The second-order valence-corrected chi connectivity index (χ2v) is 4.57. The Morgan fingerprint density at radius 1 is 1.41 bits per heavy atom. The van der Waals surface area contributed by atoms with Gasteiger partial charge in [-0.3, -0.25) is 9.59 Å². The normalized spacial score (nSPS) is 9.88. The Morgan fingerprint density at radius 3 is 2.59 bits per heavy atom. The molecule has 4 nitrogen and oxygen atoms in total. The molecule has 0 aliphatic rings. The maximum Gasteiger partial charge on any atom is 0.255 e. The van der Waals surface area contributed by atoms with Crippen LogP contribution in [0.15, 0.2) is 18.2 Å². The minimum absolute atomic E-state index is 0.162. The highest BCUT2D eigenvalue weighted by atomic mass is 79.9. The van der Waals surface area contributed by atoms with Crippen LogP contribution in [0, 0.1) is 0 Å². The number of carbonyl (C=O) groups is 2. The molecule has 2 amide bonds. The van der Waals surface area contributed by atoms with Gasteiger partial charge in [0.1, 0.15) is 0 Å². The Morgan fingerprint density at radius 2 is 2.06 bits per heavy atom. The predicted octanol–water partition coefficient (Wildman–Crippen LogP) is 2.38. The van der Waals surface area contributed by atoms with Crippen LogP contribution in [0.5, 0.6) is 0 Å². The van der Waals surface area contributed by atoms with Crippen LogP contribution in [0.1, 0.15) is 10.4 Å². The first-order chi connectivity index (χ1) is 7.95. The minimum Gasteiger partial charge on any atom is -0.345 e. The van der Waals surface area contributed by atoms with Crippen molar-refractivity contribution in [1.29, 1.82) is 0 Å². The van der Waals surface area contributed by atoms with Gasteiger partial charge in [0.25, 0.3) is 5.91 Å². The molecule has 6 heteroatoms. The van der Waals surface area contributed by atoms with E-state index in [0.29, 0.717) is 16.3 Å². The van der Waals surface area contributed by atoms with Crippen molar-refractivity contribution < 1.29 is 9.59 Å². The Bertz CT molecular complexity index is 449. The number of hydrogen-bond donors (Lipinski definition) is 1. The van der Waals surface area contributed by atoms with Gasteiger partial charge in [0.2, 0.25) is 5.91 Å². The molecule has 0 aliphatic carbocycles. The Labute approximate surface area is 113 Å². The number of carbonyl (C=O) groups excluding carboxylic acids is 2. The van der Waals surface area contributed by atoms with Crippen molar-refractivity contribution >= 4 is 45.0 Å². The van der Waals surface area contributed by atoms with Crippen LogP contribution in [0.3, 0.4) is 0 Å². The van der Waals surface area contributed by atoms with Crippen LogP contribution in [-0.4, -0.2) is 36.1 Å². The van der Waals surface area contributed by atoms with Crippen molar-refractivity contribution in [1.82, 2.24) is 4.90 Å². The summed E-state index contributed by atoms with van der Waals surface area (Å²) in [6.07, 6.45) is 0. The van der Waals surface area contributed by atoms with E-state index in [-0.39, 0.29) is 17.1 Å². The van der Waals surface area contributed by atoms with Gasteiger partial charge in [-0.05, 0) is 18.2 Å². The van der Waals surface area contributed by atoms with Crippen LogP contribution in [0.25, 0.3) is 0 Å². The van der Waals surface area contributed by atoms with Gasteiger partial charge >= 0.3 is 0 Å². The number of anilines is 1. The number of nitrogens with zero attached hydrogens (tertiary/aromatic N) is 1. The zero-order valence-electron chi connectivity index (χ0n) is 9.46. The molecular weight excluding hydrogens is 307 g/mol. The van der Waals surface area contributed by atoms with Gasteiger partial charge in [-0.15, -0.1) is 0 Å². The lowest BCUT2D eigenvalue weighted by Crippen LogP contribution is -2.24. The van der Waals surface area contributed by atoms with E-state index in [0.717, 1.165) is 0 Å². The van der Waals surface area contributed by atoms with Crippen molar-refractivity contribution in [3.63, 3.8) is 0 Å². The number of rotatable bonds is 3. The van der Waals surface area contributed by atoms with Crippen LogP contribution in [-0.2, 0) is 4.79 Å².